The Balaban J connectivity index is 0.00000162. The summed E-state index contributed by atoms with van der Waals surface area (Å²) < 4.78 is 90.4. The second-order valence-corrected chi connectivity index (χ2v) is 3.07. The van der Waals surface area contributed by atoms with Gasteiger partial charge in [0, 0.05) is 0 Å². The van der Waals surface area contributed by atoms with Gasteiger partial charge in [-0.15, -0.1) is 0 Å². The van der Waals surface area contributed by atoms with Gasteiger partial charge >= 0.3 is 58.2 Å². The van der Waals surface area contributed by atoms with E-state index in [9.17, 15) is 30.7 Å². The molecule has 0 bridgehead atoms. The summed E-state index contributed by atoms with van der Waals surface area (Å²) in [6, 6.07) is 1.09. The predicted octanol–water partition coefficient (Wildman–Crippen LogP) is 2.97. The molecule has 0 saturated heterocycles. The molecular formula is C10HF7Rb. The average Bonchev–Trinajstić information content (AvgIpc) is 2.28. The number of rotatable bonds is 0. The topological polar surface area (TPSA) is 0 Å². The Morgan fingerprint density at radius 2 is 0.944 bits per heavy atom. The molecule has 1 radical (unpaired) electrons. The summed E-state index contributed by atoms with van der Waals surface area (Å²) in [6.07, 6.45) is 0. The zero-order valence-corrected chi connectivity index (χ0v) is 7.65. The molecule has 0 aromatic heterocycles. The van der Waals surface area contributed by atoms with Crippen LogP contribution in [0.2, 0.25) is 0 Å². The molecule has 0 fully saturated rings. The van der Waals surface area contributed by atoms with Crippen LogP contribution in [0.4, 0.5) is 30.7 Å². The van der Waals surface area contributed by atoms with Crippen molar-refractivity contribution in [2.24, 2.45) is 0 Å². The molecule has 0 unspecified atom stereocenters. The van der Waals surface area contributed by atoms with Gasteiger partial charge < -0.3 is 0 Å². The van der Waals surface area contributed by atoms with Crippen LogP contribution in [0.15, 0.2) is 0 Å². The summed E-state index contributed by atoms with van der Waals surface area (Å²) in [6.45, 7) is 0. The Bertz CT molecular complexity index is 638. The molecule has 2 aromatic rings. The first-order chi connectivity index (χ1) is 7.86. The molecule has 0 aliphatic heterocycles. The van der Waals surface area contributed by atoms with Gasteiger partial charge in [-0.05, 0) is 0 Å². The van der Waals surface area contributed by atoms with Crippen LogP contribution in [0.5, 0.6) is 0 Å². The molecule has 2 aromatic carbocycles. The molecule has 0 spiro atoms. The maximum atomic E-state index is 13.1. The van der Waals surface area contributed by atoms with Gasteiger partial charge in [0.2, 0.25) is 0 Å². The standard InChI is InChI=1S/C10F7.Rb.H/c11-2-1-3(12)6(13)5-4(2)7(14)9(16)10(17)8(5)15;;. The van der Waals surface area contributed by atoms with Crippen molar-refractivity contribution in [2.75, 3.05) is 0 Å². The van der Waals surface area contributed by atoms with E-state index < -0.39 is 51.5 Å². The van der Waals surface area contributed by atoms with Crippen LogP contribution in [0.1, 0.15) is 0 Å². The quantitative estimate of drug-likeness (QED) is 0.393. The van der Waals surface area contributed by atoms with Gasteiger partial charge in [-0.2, -0.15) is 0 Å². The third-order valence-electron chi connectivity index (χ3n) is 2.12. The van der Waals surface area contributed by atoms with Crippen molar-refractivity contribution in [3.8, 4) is 0 Å². The van der Waals surface area contributed by atoms with Crippen LogP contribution in [0, 0.1) is 46.8 Å². The Morgan fingerprint density at radius 1 is 0.500 bits per heavy atom. The predicted molar refractivity (Wildman–Crippen MR) is 49.6 cm³/mol. The van der Waals surface area contributed by atoms with E-state index in [1.165, 1.54) is 0 Å². The summed E-state index contributed by atoms with van der Waals surface area (Å²) in [5.41, 5.74) is 0. The fourth-order valence-corrected chi connectivity index (χ4v) is 1.37. The average molecular weight is 340 g/mol. The van der Waals surface area contributed by atoms with Gasteiger partial charge in [-0.25, -0.2) is 30.7 Å². The Morgan fingerprint density at radius 3 is 1.44 bits per heavy atom. The minimum atomic E-state index is -2.35. The zero-order chi connectivity index (χ0) is 12.9. The minimum absolute atomic E-state index is 0. The van der Waals surface area contributed by atoms with E-state index in [2.05, 4.69) is 0 Å². The molecule has 8 heteroatoms. The van der Waals surface area contributed by atoms with Crippen molar-refractivity contribution in [2.45, 2.75) is 0 Å². The fraction of sp³-hybridized carbons (Fsp3) is 0. The Kier molecular flexibility index (Phi) is 4.96. The molecule has 0 saturated carbocycles. The van der Waals surface area contributed by atoms with Gasteiger partial charge in [0.05, 0.1) is 16.8 Å². The van der Waals surface area contributed by atoms with E-state index in [0.29, 0.717) is 0 Å². The van der Waals surface area contributed by atoms with Crippen molar-refractivity contribution < 1.29 is 30.7 Å². The van der Waals surface area contributed by atoms with Crippen LogP contribution in [0.3, 0.4) is 0 Å². The van der Waals surface area contributed by atoms with E-state index in [-0.39, 0.29) is 58.2 Å². The SMILES string of the molecule is Fc1[c]c(F)c2c(F)c(F)c(F)c(F)c2c1F.[RbH]. The molecular weight excluding hydrogens is 339 g/mol. The molecule has 91 valence electrons. The maximum absolute atomic E-state index is 13.1. The first-order valence-corrected chi connectivity index (χ1v) is 4.07. The van der Waals surface area contributed by atoms with Crippen molar-refractivity contribution in [3.63, 3.8) is 0 Å². The number of halogens is 7. The number of benzene rings is 2. The van der Waals surface area contributed by atoms with Crippen molar-refractivity contribution in [1.29, 1.82) is 0 Å². The van der Waals surface area contributed by atoms with Crippen LogP contribution < -0.4 is 0 Å². The first kappa shape index (κ1) is 16.1. The third-order valence-corrected chi connectivity index (χ3v) is 2.12. The van der Waals surface area contributed by atoms with Crippen LogP contribution >= 0.6 is 0 Å². The summed E-state index contributed by atoms with van der Waals surface area (Å²) in [4.78, 5) is 0. The van der Waals surface area contributed by atoms with Gasteiger partial charge in [-0.3, -0.25) is 0 Å². The van der Waals surface area contributed by atoms with Gasteiger partial charge in [0.25, 0.3) is 0 Å². The number of hydrogen-bond acceptors (Lipinski definition) is 0. The van der Waals surface area contributed by atoms with E-state index >= 15 is 0 Å². The monoisotopic (exact) mass is 339 g/mol. The number of hydrogen-bond donors (Lipinski definition) is 0. The Labute approximate surface area is 145 Å². The van der Waals surface area contributed by atoms with E-state index in [1.807, 2.05) is 0 Å². The van der Waals surface area contributed by atoms with Gasteiger partial charge in [-0.1, -0.05) is 0 Å². The fourth-order valence-electron chi connectivity index (χ4n) is 1.37. The normalized spacial score (nSPS) is 10.6. The number of fused-ring (bicyclic) bond motifs is 1. The van der Waals surface area contributed by atoms with E-state index in [4.69, 9.17) is 0 Å². The summed E-state index contributed by atoms with van der Waals surface area (Å²) in [5.74, 6) is -14.9. The van der Waals surface area contributed by atoms with E-state index in [0.717, 1.165) is 6.07 Å². The van der Waals surface area contributed by atoms with Crippen molar-refractivity contribution >= 4 is 69.0 Å². The summed E-state index contributed by atoms with van der Waals surface area (Å²) in [7, 11) is 0. The second kappa shape index (κ2) is 5.56. The molecule has 0 nitrogen and oxygen atoms in total. The molecule has 0 heterocycles. The zero-order valence-electron chi connectivity index (χ0n) is 7.65. The van der Waals surface area contributed by atoms with Crippen molar-refractivity contribution in [3.05, 3.63) is 46.8 Å². The molecule has 0 N–H and O–H groups in total. The Hall–Kier alpha value is 0.0152. The molecule has 0 aliphatic carbocycles. The van der Waals surface area contributed by atoms with Gasteiger partial charge in [0.1, 0.15) is 5.82 Å². The van der Waals surface area contributed by atoms with Crippen LogP contribution in [0.25, 0.3) is 10.8 Å². The third kappa shape index (κ3) is 2.25. The molecule has 18 heavy (non-hydrogen) atoms. The summed E-state index contributed by atoms with van der Waals surface area (Å²) >= 11 is 0. The van der Waals surface area contributed by atoms with Crippen molar-refractivity contribution in [1.82, 2.24) is 0 Å². The molecule has 2 rings (SSSR count). The van der Waals surface area contributed by atoms with Gasteiger partial charge in [0.15, 0.2) is 34.9 Å². The van der Waals surface area contributed by atoms with Crippen LogP contribution in [-0.4, -0.2) is 58.2 Å². The van der Waals surface area contributed by atoms with Crippen LogP contribution in [-0.2, 0) is 0 Å². The molecule has 0 amide bonds. The van der Waals surface area contributed by atoms with E-state index in [1.54, 1.807) is 0 Å². The summed E-state index contributed by atoms with van der Waals surface area (Å²) in [5, 5.41) is -3.16. The molecule has 0 atom stereocenters. The first-order valence-electron chi connectivity index (χ1n) is 4.07. The second-order valence-electron chi connectivity index (χ2n) is 3.07. The molecule has 0 aliphatic rings.